The molecule has 1 aliphatic heterocycles. The fourth-order valence-electron chi connectivity index (χ4n) is 4.27. The maximum atomic E-state index is 13.8. The molecule has 0 spiro atoms. The van der Waals surface area contributed by atoms with Crippen LogP contribution in [-0.2, 0) is 14.3 Å². The highest BCUT2D eigenvalue weighted by atomic mass is 16.5. The molecule has 10 heteroatoms. The van der Waals surface area contributed by atoms with Crippen LogP contribution in [0.15, 0.2) is 71.3 Å². The predicted octanol–water partition coefficient (Wildman–Crippen LogP) is 3.10. The number of furan rings is 1. The van der Waals surface area contributed by atoms with Gasteiger partial charge in [0.05, 0.1) is 38.8 Å². The summed E-state index contributed by atoms with van der Waals surface area (Å²) >= 11 is 0. The minimum Gasteiger partial charge on any atom is -0.497 e. The molecular formula is C28H31N3O7. The molecule has 1 fully saturated rings. The number of ether oxygens (including phenoxy) is 3. The third-order valence-corrected chi connectivity index (χ3v) is 6.18. The number of hydrogen-bond acceptors (Lipinski definition) is 7. The predicted molar refractivity (Wildman–Crippen MR) is 139 cm³/mol. The molecule has 2 heterocycles. The molecule has 10 nitrogen and oxygen atoms in total. The van der Waals surface area contributed by atoms with Crippen molar-refractivity contribution in [3.8, 4) is 11.5 Å². The molecule has 38 heavy (non-hydrogen) atoms. The van der Waals surface area contributed by atoms with Crippen LogP contribution < -0.4 is 25.0 Å². The van der Waals surface area contributed by atoms with Crippen LogP contribution in [0.3, 0.4) is 0 Å². The van der Waals surface area contributed by atoms with E-state index in [1.807, 2.05) is 6.07 Å². The van der Waals surface area contributed by atoms with Crippen LogP contribution in [0.5, 0.6) is 11.5 Å². The molecule has 0 unspecified atom stereocenters. The van der Waals surface area contributed by atoms with Gasteiger partial charge in [-0.25, -0.2) is 0 Å². The zero-order chi connectivity index (χ0) is 26.9. The van der Waals surface area contributed by atoms with Crippen molar-refractivity contribution in [1.29, 1.82) is 0 Å². The lowest BCUT2D eigenvalue weighted by atomic mass is 10.0. The minimum absolute atomic E-state index is 0.0707. The lowest BCUT2D eigenvalue weighted by Crippen LogP contribution is -2.48. The molecule has 0 bridgehead atoms. The maximum absolute atomic E-state index is 13.8. The zero-order valence-electron chi connectivity index (χ0n) is 21.3. The van der Waals surface area contributed by atoms with Gasteiger partial charge in [0.1, 0.15) is 17.5 Å². The first-order valence-electron chi connectivity index (χ1n) is 12.3. The Morgan fingerprint density at radius 1 is 1.00 bits per heavy atom. The SMILES string of the molecule is COc1cc(OC)cc(N(C(=O)CNC(=O)c2ccco2)[C@H](C(=O)NC[C@@H]2CCCO2)c2ccccc2)c1. The fraction of sp³-hybridized carbons (Fsp3) is 0.321. The average molecular weight is 522 g/mol. The van der Waals surface area contributed by atoms with Gasteiger partial charge in [-0.3, -0.25) is 19.3 Å². The lowest BCUT2D eigenvalue weighted by molar-refractivity contribution is -0.126. The number of carbonyl (C=O) groups is 3. The Labute approximate surface area is 220 Å². The first-order valence-corrected chi connectivity index (χ1v) is 12.3. The van der Waals surface area contributed by atoms with Crippen molar-refractivity contribution in [2.24, 2.45) is 0 Å². The number of rotatable bonds is 11. The molecule has 0 radical (unpaired) electrons. The molecule has 2 N–H and O–H groups in total. The van der Waals surface area contributed by atoms with Crippen LogP contribution in [0.2, 0.25) is 0 Å². The van der Waals surface area contributed by atoms with Crippen LogP contribution in [-0.4, -0.2) is 57.7 Å². The van der Waals surface area contributed by atoms with E-state index in [-0.39, 0.29) is 24.3 Å². The number of benzene rings is 2. The zero-order valence-corrected chi connectivity index (χ0v) is 21.3. The first kappa shape index (κ1) is 26.7. The van der Waals surface area contributed by atoms with Crippen LogP contribution in [0, 0.1) is 0 Å². The molecule has 2 atom stereocenters. The van der Waals surface area contributed by atoms with Crippen molar-refractivity contribution in [3.05, 3.63) is 78.3 Å². The Kier molecular flexibility index (Phi) is 8.99. The van der Waals surface area contributed by atoms with E-state index in [2.05, 4.69) is 10.6 Å². The van der Waals surface area contributed by atoms with E-state index < -0.39 is 17.9 Å². The third-order valence-electron chi connectivity index (χ3n) is 6.18. The second kappa shape index (κ2) is 12.8. The highest BCUT2D eigenvalue weighted by Gasteiger charge is 2.34. The quantitative estimate of drug-likeness (QED) is 0.398. The smallest absolute Gasteiger partial charge is 0.287 e. The second-order valence-corrected chi connectivity index (χ2v) is 8.69. The number of methoxy groups -OCH3 is 2. The highest BCUT2D eigenvalue weighted by Crippen LogP contribution is 2.34. The molecule has 2 aromatic carbocycles. The minimum atomic E-state index is -1.05. The van der Waals surface area contributed by atoms with E-state index in [1.54, 1.807) is 48.5 Å². The molecule has 4 rings (SSSR count). The summed E-state index contributed by atoms with van der Waals surface area (Å²) in [6.07, 6.45) is 3.08. The van der Waals surface area contributed by atoms with Crippen molar-refractivity contribution in [2.75, 3.05) is 38.8 Å². The Hall–Kier alpha value is -4.31. The topological polar surface area (TPSA) is 119 Å². The number of carbonyl (C=O) groups excluding carboxylic acids is 3. The Morgan fingerprint density at radius 2 is 1.74 bits per heavy atom. The summed E-state index contributed by atoms with van der Waals surface area (Å²) in [5.74, 6) is -0.529. The summed E-state index contributed by atoms with van der Waals surface area (Å²) in [5, 5.41) is 5.53. The molecule has 1 aliphatic rings. The van der Waals surface area contributed by atoms with Gasteiger partial charge < -0.3 is 29.3 Å². The van der Waals surface area contributed by atoms with Crippen LogP contribution in [0.25, 0.3) is 0 Å². The van der Waals surface area contributed by atoms with Gasteiger partial charge in [-0.15, -0.1) is 0 Å². The van der Waals surface area contributed by atoms with Gasteiger partial charge in [0.25, 0.3) is 5.91 Å². The molecule has 3 aromatic rings. The first-order chi connectivity index (χ1) is 18.5. The van der Waals surface area contributed by atoms with Crippen LogP contribution in [0.4, 0.5) is 5.69 Å². The molecule has 1 aromatic heterocycles. The summed E-state index contributed by atoms with van der Waals surface area (Å²) in [5.41, 5.74) is 0.949. The van der Waals surface area contributed by atoms with E-state index in [9.17, 15) is 14.4 Å². The van der Waals surface area contributed by atoms with E-state index >= 15 is 0 Å². The van der Waals surface area contributed by atoms with Gasteiger partial charge in [-0.05, 0) is 30.5 Å². The van der Waals surface area contributed by atoms with E-state index in [0.29, 0.717) is 35.9 Å². The Bertz CT molecular complexity index is 1200. The molecule has 1 saturated heterocycles. The maximum Gasteiger partial charge on any atom is 0.287 e. The standard InChI is InChI=1S/C28H31N3O7/c1-35-22-14-20(15-23(16-22)36-2)31(25(32)18-30-27(33)24-11-7-13-38-24)26(19-8-4-3-5-9-19)28(34)29-17-21-10-6-12-37-21/h3-5,7-9,11,13-16,21,26H,6,10,12,17-18H2,1-2H3,(H,29,34)(H,30,33)/t21-,26-/m0/s1. The highest BCUT2D eigenvalue weighted by molar-refractivity contribution is 6.04. The fourth-order valence-corrected chi connectivity index (χ4v) is 4.27. The van der Waals surface area contributed by atoms with Crippen molar-refractivity contribution in [2.45, 2.75) is 25.0 Å². The van der Waals surface area contributed by atoms with Gasteiger partial charge in [-0.1, -0.05) is 30.3 Å². The van der Waals surface area contributed by atoms with Crippen molar-refractivity contribution in [1.82, 2.24) is 10.6 Å². The van der Waals surface area contributed by atoms with Crippen molar-refractivity contribution in [3.63, 3.8) is 0 Å². The van der Waals surface area contributed by atoms with E-state index in [0.717, 1.165) is 12.8 Å². The summed E-state index contributed by atoms with van der Waals surface area (Å²) in [6.45, 7) is 0.592. The number of nitrogens with zero attached hydrogens (tertiary/aromatic N) is 1. The Balaban J connectivity index is 1.70. The van der Waals surface area contributed by atoms with Gasteiger partial charge in [0, 0.05) is 31.4 Å². The number of hydrogen-bond donors (Lipinski definition) is 2. The van der Waals surface area contributed by atoms with Crippen LogP contribution >= 0.6 is 0 Å². The van der Waals surface area contributed by atoms with E-state index in [1.165, 1.54) is 31.4 Å². The van der Waals surface area contributed by atoms with Gasteiger partial charge in [0.2, 0.25) is 11.8 Å². The largest absolute Gasteiger partial charge is 0.497 e. The summed E-state index contributed by atoms with van der Waals surface area (Å²) in [4.78, 5) is 41.3. The molecular weight excluding hydrogens is 490 g/mol. The lowest BCUT2D eigenvalue weighted by Gasteiger charge is -2.32. The van der Waals surface area contributed by atoms with Crippen molar-refractivity contribution < 1.29 is 33.0 Å². The van der Waals surface area contributed by atoms with Gasteiger partial charge in [-0.2, -0.15) is 0 Å². The summed E-state index contributed by atoms with van der Waals surface area (Å²) in [7, 11) is 2.99. The Morgan fingerprint density at radius 3 is 2.34 bits per heavy atom. The molecule has 3 amide bonds. The number of nitrogens with one attached hydrogen (secondary N) is 2. The molecule has 0 aliphatic carbocycles. The van der Waals surface area contributed by atoms with E-state index in [4.69, 9.17) is 18.6 Å². The number of anilines is 1. The van der Waals surface area contributed by atoms with Crippen LogP contribution in [0.1, 0.15) is 35.0 Å². The van der Waals surface area contributed by atoms with Gasteiger partial charge in [0.15, 0.2) is 5.76 Å². The molecule has 200 valence electrons. The number of amides is 3. The average Bonchev–Trinajstić information content (AvgIpc) is 3.68. The summed E-state index contributed by atoms with van der Waals surface area (Å²) in [6, 6.07) is 15.9. The second-order valence-electron chi connectivity index (χ2n) is 8.69. The molecule has 0 saturated carbocycles. The summed E-state index contributed by atoms with van der Waals surface area (Å²) < 4.78 is 21.6. The van der Waals surface area contributed by atoms with Crippen molar-refractivity contribution >= 4 is 23.4 Å². The normalized spacial score (nSPS) is 15.4. The van der Waals surface area contributed by atoms with Gasteiger partial charge >= 0.3 is 0 Å². The monoisotopic (exact) mass is 521 g/mol. The third kappa shape index (κ3) is 6.51.